The minimum atomic E-state index is -1.02. The summed E-state index contributed by atoms with van der Waals surface area (Å²) in [5.41, 5.74) is 2.29. The van der Waals surface area contributed by atoms with Gasteiger partial charge in [-0.3, -0.25) is 4.79 Å². The highest BCUT2D eigenvalue weighted by molar-refractivity contribution is 5.94. The van der Waals surface area contributed by atoms with Gasteiger partial charge < -0.3 is 19.9 Å². The molecule has 0 unspecified atom stereocenters. The molecule has 140 valence electrons. The van der Waals surface area contributed by atoms with Crippen LogP contribution in [0.25, 0.3) is 0 Å². The van der Waals surface area contributed by atoms with Gasteiger partial charge in [0.2, 0.25) is 0 Å². The van der Waals surface area contributed by atoms with Crippen LogP contribution in [0.2, 0.25) is 0 Å². The van der Waals surface area contributed by atoms with Gasteiger partial charge in [0.1, 0.15) is 0 Å². The van der Waals surface area contributed by atoms with Crippen molar-refractivity contribution >= 4 is 17.7 Å². The monoisotopic (exact) mass is 367 g/mol. The number of rotatable bonds is 2. The maximum absolute atomic E-state index is 12.7. The first kappa shape index (κ1) is 17.3. The molecule has 0 aliphatic carbocycles. The summed E-state index contributed by atoms with van der Waals surface area (Å²) >= 11 is 0. The number of urea groups is 1. The molecule has 7 heteroatoms. The number of hydrogen-bond acceptors (Lipinski definition) is 3. The van der Waals surface area contributed by atoms with Crippen molar-refractivity contribution in [2.45, 2.75) is 25.8 Å². The van der Waals surface area contributed by atoms with Crippen molar-refractivity contribution < 1.29 is 14.7 Å². The largest absolute Gasteiger partial charge is 0.478 e. The number of carbonyl (C=O) groups is 2. The second-order valence-electron chi connectivity index (χ2n) is 7.37. The van der Waals surface area contributed by atoms with Gasteiger partial charge in [0.25, 0.3) is 5.56 Å². The third-order valence-corrected chi connectivity index (χ3v) is 5.49. The van der Waals surface area contributed by atoms with E-state index in [0.29, 0.717) is 30.9 Å². The summed E-state index contributed by atoms with van der Waals surface area (Å²) in [5, 5.41) is 12.1. The van der Waals surface area contributed by atoms with Gasteiger partial charge in [-0.15, -0.1) is 0 Å². The standard InChI is InChI=1S/C20H21N3O4/c1-12-5-6-15(8-16(12)19(25)26)21-20(27)22-9-13-7-14(11-22)17-3-2-4-18(24)23(17)10-13/h2-6,8,13-14H,7,9-11H2,1H3,(H,21,27)(H,25,26)/t13-,14+/m1/s1. The van der Waals surface area contributed by atoms with Crippen molar-refractivity contribution in [3.8, 4) is 0 Å². The number of aromatic carboxylic acids is 1. The molecule has 2 N–H and O–H groups in total. The lowest BCUT2D eigenvalue weighted by molar-refractivity contribution is 0.0696. The zero-order valence-electron chi connectivity index (χ0n) is 15.0. The quantitative estimate of drug-likeness (QED) is 0.853. The van der Waals surface area contributed by atoms with Gasteiger partial charge in [0.15, 0.2) is 0 Å². The smallest absolute Gasteiger partial charge is 0.336 e. The average Bonchev–Trinajstić information content (AvgIpc) is 2.64. The van der Waals surface area contributed by atoms with Gasteiger partial charge in [0.05, 0.1) is 5.56 Å². The molecule has 2 bridgehead atoms. The number of amides is 2. The number of nitrogens with zero attached hydrogens (tertiary/aromatic N) is 2. The van der Waals surface area contributed by atoms with Gasteiger partial charge in [-0.2, -0.15) is 0 Å². The first-order chi connectivity index (χ1) is 12.9. The minimum absolute atomic E-state index is 0.0148. The first-order valence-electron chi connectivity index (χ1n) is 9.02. The first-order valence-corrected chi connectivity index (χ1v) is 9.02. The molecule has 2 aliphatic rings. The highest BCUT2D eigenvalue weighted by Crippen LogP contribution is 2.35. The van der Waals surface area contributed by atoms with E-state index in [0.717, 1.165) is 12.1 Å². The molecular weight excluding hydrogens is 346 g/mol. The molecular formula is C20H21N3O4. The van der Waals surface area contributed by atoms with Crippen LogP contribution in [0.1, 0.15) is 34.0 Å². The summed E-state index contributed by atoms with van der Waals surface area (Å²) < 4.78 is 1.83. The second-order valence-corrected chi connectivity index (χ2v) is 7.37. The fourth-order valence-electron chi connectivity index (χ4n) is 4.20. The number of benzene rings is 1. The van der Waals surface area contributed by atoms with Crippen molar-refractivity contribution in [1.82, 2.24) is 9.47 Å². The van der Waals surface area contributed by atoms with Crippen LogP contribution in [0.3, 0.4) is 0 Å². The topological polar surface area (TPSA) is 91.6 Å². The Morgan fingerprint density at radius 1 is 1.15 bits per heavy atom. The van der Waals surface area contributed by atoms with Crippen molar-refractivity contribution in [2.75, 3.05) is 18.4 Å². The van der Waals surface area contributed by atoms with E-state index in [2.05, 4.69) is 5.32 Å². The van der Waals surface area contributed by atoms with E-state index in [4.69, 9.17) is 0 Å². The molecule has 1 aromatic carbocycles. The van der Waals surface area contributed by atoms with Gasteiger partial charge in [-0.25, -0.2) is 9.59 Å². The molecule has 0 spiro atoms. The molecule has 1 saturated heterocycles. The molecule has 4 rings (SSSR count). The third-order valence-electron chi connectivity index (χ3n) is 5.49. The number of nitrogens with one attached hydrogen (secondary N) is 1. The van der Waals surface area contributed by atoms with Gasteiger partial charge in [0, 0.05) is 43.0 Å². The number of carboxylic acids is 1. The molecule has 0 radical (unpaired) electrons. The minimum Gasteiger partial charge on any atom is -0.478 e. The number of likely N-dealkylation sites (tertiary alicyclic amines) is 1. The van der Waals surface area contributed by atoms with Crippen molar-refractivity contribution in [1.29, 1.82) is 0 Å². The number of aromatic nitrogens is 1. The van der Waals surface area contributed by atoms with Crippen LogP contribution in [-0.2, 0) is 6.54 Å². The molecule has 7 nitrogen and oxygen atoms in total. The van der Waals surface area contributed by atoms with E-state index >= 15 is 0 Å². The molecule has 2 aliphatic heterocycles. The third kappa shape index (κ3) is 3.20. The normalized spacial score (nSPS) is 20.7. The summed E-state index contributed by atoms with van der Waals surface area (Å²) in [7, 11) is 0. The maximum Gasteiger partial charge on any atom is 0.336 e. The Bertz CT molecular complexity index is 981. The second kappa shape index (κ2) is 6.57. The van der Waals surface area contributed by atoms with Crippen LogP contribution in [0, 0.1) is 12.8 Å². The predicted octanol–water partition coefficient (Wildman–Crippen LogP) is 2.51. The van der Waals surface area contributed by atoms with E-state index in [1.807, 2.05) is 10.6 Å². The van der Waals surface area contributed by atoms with Crippen molar-refractivity contribution in [3.63, 3.8) is 0 Å². The van der Waals surface area contributed by atoms with Crippen LogP contribution in [-0.4, -0.2) is 39.7 Å². The predicted molar refractivity (Wildman–Crippen MR) is 100 cm³/mol. The highest BCUT2D eigenvalue weighted by Gasteiger charge is 2.36. The number of carboxylic acid groups (broad SMARTS) is 1. The van der Waals surface area contributed by atoms with Crippen LogP contribution in [0.15, 0.2) is 41.2 Å². The molecule has 1 aromatic heterocycles. The lowest BCUT2D eigenvalue weighted by atomic mass is 9.83. The number of pyridine rings is 1. The number of piperidine rings is 1. The van der Waals surface area contributed by atoms with Gasteiger partial charge >= 0.3 is 12.0 Å². The number of hydrogen-bond donors (Lipinski definition) is 2. The summed E-state index contributed by atoms with van der Waals surface area (Å²) in [4.78, 5) is 37.9. The Morgan fingerprint density at radius 2 is 1.96 bits per heavy atom. The Morgan fingerprint density at radius 3 is 2.74 bits per heavy atom. The van der Waals surface area contributed by atoms with Gasteiger partial charge in [-0.05, 0) is 43.0 Å². The fourth-order valence-corrected chi connectivity index (χ4v) is 4.20. The molecule has 0 saturated carbocycles. The Balaban J connectivity index is 1.52. The molecule has 1 fully saturated rings. The van der Waals surface area contributed by atoms with Gasteiger partial charge in [-0.1, -0.05) is 12.1 Å². The maximum atomic E-state index is 12.7. The molecule has 2 amide bonds. The number of aryl methyl sites for hydroxylation is 1. The number of carbonyl (C=O) groups excluding carboxylic acids is 1. The molecule has 2 aromatic rings. The van der Waals surface area contributed by atoms with Crippen LogP contribution in [0.5, 0.6) is 0 Å². The van der Waals surface area contributed by atoms with Crippen LogP contribution >= 0.6 is 0 Å². The number of anilines is 1. The molecule has 27 heavy (non-hydrogen) atoms. The summed E-state index contributed by atoms with van der Waals surface area (Å²) in [5.74, 6) is -0.627. The molecule has 3 heterocycles. The SMILES string of the molecule is Cc1ccc(NC(=O)N2C[C@H]3C[C@@H](C2)c2cccc(=O)n2C3)cc1C(=O)O. The summed E-state index contributed by atoms with van der Waals surface area (Å²) in [6.45, 7) is 3.48. The van der Waals surface area contributed by atoms with E-state index in [1.165, 1.54) is 6.07 Å². The molecule has 2 atom stereocenters. The number of fused-ring (bicyclic) bond motifs is 4. The fraction of sp³-hybridized carbons (Fsp3) is 0.350. The Kier molecular flexibility index (Phi) is 4.22. The average molecular weight is 367 g/mol. The lowest BCUT2D eigenvalue weighted by Gasteiger charge is -2.42. The van der Waals surface area contributed by atoms with Crippen LogP contribution < -0.4 is 10.9 Å². The van der Waals surface area contributed by atoms with Crippen molar-refractivity contribution in [2.24, 2.45) is 5.92 Å². The van der Waals surface area contributed by atoms with E-state index in [9.17, 15) is 19.5 Å². The summed E-state index contributed by atoms with van der Waals surface area (Å²) in [6.07, 6.45) is 0.973. The Hall–Kier alpha value is -3.09. The van der Waals surface area contributed by atoms with E-state index in [1.54, 1.807) is 36.1 Å². The lowest BCUT2D eigenvalue weighted by Crippen LogP contribution is -2.50. The zero-order chi connectivity index (χ0) is 19.1. The highest BCUT2D eigenvalue weighted by atomic mass is 16.4. The van der Waals surface area contributed by atoms with E-state index < -0.39 is 5.97 Å². The Labute approximate surface area is 156 Å². The summed E-state index contributed by atoms with van der Waals surface area (Å²) in [6, 6.07) is 9.94. The van der Waals surface area contributed by atoms with E-state index in [-0.39, 0.29) is 29.0 Å². The zero-order valence-corrected chi connectivity index (χ0v) is 15.0. The van der Waals surface area contributed by atoms with Crippen LogP contribution in [0.4, 0.5) is 10.5 Å². The van der Waals surface area contributed by atoms with Crippen molar-refractivity contribution in [3.05, 3.63) is 63.6 Å².